The van der Waals surface area contributed by atoms with Gasteiger partial charge < -0.3 is 20.8 Å². The number of halogens is 1. The smallest absolute Gasteiger partial charge is 0.145 e. The van der Waals surface area contributed by atoms with Gasteiger partial charge in [0.1, 0.15) is 29.4 Å². The van der Waals surface area contributed by atoms with Crippen molar-refractivity contribution >= 4 is 45.2 Å². The highest BCUT2D eigenvalue weighted by molar-refractivity contribution is 6.33. The van der Waals surface area contributed by atoms with Crippen LogP contribution in [-0.4, -0.2) is 26.1 Å². The third-order valence-electron chi connectivity index (χ3n) is 5.70. The average Bonchev–Trinajstić information content (AvgIpc) is 3.35. The van der Waals surface area contributed by atoms with E-state index < -0.39 is 0 Å². The highest BCUT2D eigenvalue weighted by atomic mass is 35.5. The van der Waals surface area contributed by atoms with Gasteiger partial charge in [-0.2, -0.15) is 0 Å². The first-order valence-corrected chi connectivity index (χ1v) is 10.0. The summed E-state index contributed by atoms with van der Waals surface area (Å²) in [6.07, 6.45) is 6.84. The molecule has 0 radical (unpaired) electrons. The second-order valence-corrected chi connectivity index (χ2v) is 7.98. The molecule has 0 aliphatic heterocycles. The van der Waals surface area contributed by atoms with Crippen LogP contribution in [0.4, 0.5) is 11.6 Å². The van der Waals surface area contributed by atoms with Gasteiger partial charge >= 0.3 is 0 Å². The van der Waals surface area contributed by atoms with Crippen molar-refractivity contribution in [2.75, 3.05) is 18.1 Å². The van der Waals surface area contributed by atoms with Gasteiger partial charge in [0, 0.05) is 23.7 Å². The van der Waals surface area contributed by atoms with Crippen LogP contribution in [0.25, 0.3) is 21.9 Å². The number of rotatable bonds is 4. The molecule has 3 heterocycles. The Morgan fingerprint density at radius 2 is 2.00 bits per heavy atom. The third kappa shape index (κ3) is 3.31. The fraction of sp³-hybridized carbons (Fsp3) is 0.286. The summed E-state index contributed by atoms with van der Waals surface area (Å²) in [5.74, 6) is 2.13. The first-order valence-electron chi connectivity index (χ1n) is 9.64. The maximum atomic E-state index is 6.07. The van der Waals surface area contributed by atoms with Crippen molar-refractivity contribution in [2.45, 2.75) is 25.3 Å². The van der Waals surface area contributed by atoms with E-state index in [9.17, 15) is 0 Å². The lowest BCUT2D eigenvalue weighted by molar-refractivity contribution is 0.248. The summed E-state index contributed by atoms with van der Waals surface area (Å²) in [6.45, 7) is 0.668. The van der Waals surface area contributed by atoms with Gasteiger partial charge in [0.25, 0.3) is 0 Å². The number of hydrogen-bond donors (Lipinski definition) is 2. The Morgan fingerprint density at radius 3 is 2.90 bits per heavy atom. The van der Waals surface area contributed by atoms with E-state index in [0.29, 0.717) is 35.2 Å². The zero-order valence-corrected chi connectivity index (χ0v) is 16.5. The van der Waals surface area contributed by atoms with Crippen LogP contribution in [0.1, 0.15) is 25.3 Å². The molecule has 2 unspecified atom stereocenters. The van der Waals surface area contributed by atoms with E-state index in [4.69, 9.17) is 27.8 Å². The predicted octanol–water partition coefficient (Wildman–Crippen LogP) is 4.22. The number of fused-ring (bicyclic) bond motifs is 2. The SMILES string of the molecule is Nc1nc2cc(OCC3CCC(n4ccc5c(N)ncnc54)C3)ccc2cc1Cl. The van der Waals surface area contributed by atoms with E-state index >= 15 is 0 Å². The largest absolute Gasteiger partial charge is 0.493 e. The van der Waals surface area contributed by atoms with Gasteiger partial charge in [0.05, 0.1) is 22.5 Å². The summed E-state index contributed by atoms with van der Waals surface area (Å²) in [6, 6.07) is 10.0. The molecule has 8 heteroatoms. The van der Waals surface area contributed by atoms with Crippen LogP contribution >= 0.6 is 11.6 Å². The molecule has 29 heavy (non-hydrogen) atoms. The molecule has 1 aromatic carbocycles. The quantitative estimate of drug-likeness (QED) is 0.523. The fourth-order valence-electron chi connectivity index (χ4n) is 4.18. The van der Waals surface area contributed by atoms with Crippen molar-refractivity contribution in [3.63, 3.8) is 0 Å². The first-order chi connectivity index (χ1) is 14.1. The Bertz CT molecular complexity index is 1210. The molecule has 148 valence electrons. The van der Waals surface area contributed by atoms with Gasteiger partial charge in [-0.05, 0) is 49.4 Å². The maximum Gasteiger partial charge on any atom is 0.145 e. The molecule has 3 aromatic heterocycles. The summed E-state index contributed by atoms with van der Waals surface area (Å²) < 4.78 is 8.29. The Hall–Kier alpha value is -3.06. The normalized spacial score (nSPS) is 19.2. The van der Waals surface area contributed by atoms with Gasteiger partial charge in [0.15, 0.2) is 0 Å². The molecule has 4 aromatic rings. The molecule has 1 aliphatic carbocycles. The Labute approximate surface area is 172 Å². The molecule has 2 atom stereocenters. The average molecular weight is 409 g/mol. The first kappa shape index (κ1) is 18.0. The predicted molar refractivity (Wildman–Crippen MR) is 115 cm³/mol. The van der Waals surface area contributed by atoms with Crippen molar-refractivity contribution < 1.29 is 4.74 Å². The number of nitrogens with zero attached hydrogens (tertiary/aromatic N) is 4. The van der Waals surface area contributed by atoms with E-state index in [1.807, 2.05) is 30.3 Å². The van der Waals surface area contributed by atoms with Crippen molar-refractivity contribution in [3.8, 4) is 5.75 Å². The van der Waals surface area contributed by atoms with Crippen LogP contribution < -0.4 is 16.2 Å². The monoisotopic (exact) mass is 408 g/mol. The molecule has 1 saturated carbocycles. The minimum absolute atomic E-state index is 0.332. The minimum atomic E-state index is 0.332. The van der Waals surface area contributed by atoms with Gasteiger partial charge in [-0.1, -0.05) is 11.6 Å². The highest BCUT2D eigenvalue weighted by Crippen LogP contribution is 2.37. The number of anilines is 2. The topological polar surface area (TPSA) is 105 Å². The number of hydrogen-bond acceptors (Lipinski definition) is 6. The molecule has 4 N–H and O–H groups in total. The molecule has 0 amide bonds. The lowest BCUT2D eigenvalue weighted by Crippen LogP contribution is -2.11. The maximum absolute atomic E-state index is 6.07. The van der Waals surface area contributed by atoms with E-state index in [-0.39, 0.29) is 0 Å². The summed E-state index contributed by atoms with van der Waals surface area (Å²) in [5, 5.41) is 2.32. The van der Waals surface area contributed by atoms with Gasteiger partial charge in [-0.25, -0.2) is 15.0 Å². The van der Waals surface area contributed by atoms with Crippen LogP contribution in [0.2, 0.25) is 5.02 Å². The van der Waals surface area contributed by atoms with Crippen molar-refractivity contribution in [1.29, 1.82) is 0 Å². The second kappa shape index (κ2) is 7.08. The fourth-order valence-corrected chi connectivity index (χ4v) is 4.34. The van der Waals surface area contributed by atoms with Crippen LogP contribution in [-0.2, 0) is 0 Å². The molecule has 1 aliphatic rings. The Kier molecular flexibility index (Phi) is 4.39. The molecule has 0 bridgehead atoms. The molecule has 5 rings (SSSR count). The van der Waals surface area contributed by atoms with Gasteiger partial charge in [0.2, 0.25) is 0 Å². The molecular formula is C21H21ClN6O. The van der Waals surface area contributed by atoms with Crippen molar-refractivity contribution in [1.82, 2.24) is 19.5 Å². The molecule has 0 spiro atoms. The highest BCUT2D eigenvalue weighted by Gasteiger charge is 2.27. The zero-order valence-electron chi connectivity index (χ0n) is 15.8. The number of nitrogen functional groups attached to an aromatic ring is 2. The van der Waals surface area contributed by atoms with Crippen molar-refractivity contribution in [3.05, 3.63) is 47.9 Å². The van der Waals surface area contributed by atoms with Crippen LogP contribution in [0.15, 0.2) is 42.9 Å². The number of benzene rings is 1. The summed E-state index contributed by atoms with van der Waals surface area (Å²) >= 11 is 6.04. The van der Waals surface area contributed by atoms with E-state index in [1.54, 1.807) is 0 Å². The van der Waals surface area contributed by atoms with E-state index in [2.05, 4.69) is 25.7 Å². The van der Waals surface area contributed by atoms with Gasteiger partial charge in [-0.3, -0.25) is 0 Å². The van der Waals surface area contributed by atoms with Crippen LogP contribution in [0.5, 0.6) is 5.75 Å². The van der Waals surface area contributed by atoms with Crippen molar-refractivity contribution in [2.24, 2.45) is 5.92 Å². The van der Waals surface area contributed by atoms with E-state index in [1.165, 1.54) is 6.33 Å². The lowest BCUT2D eigenvalue weighted by Gasteiger charge is -2.15. The third-order valence-corrected chi connectivity index (χ3v) is 6.01. The zero-order chi connectivity index (χ0) is 20.0. The number of aromatic nitrogens is 4. The number of ether oxygens (including phenoxy) is 1. The molecule has 0 saturated heterocycles. The number of pyridine rings is 1. The Morgan fingerprint density at radius 1 is 1.10 bits per heavy atom. The minimum Gasteiger partial charge on any atom is -0.493 e. The number of nitrogens with two attached hydrogens (primary N) is 2. The van der Waals surface area contributed by atoms with Crippen LogP contribution in [0, 0.1) is 5.92 Å². The van der Waals surface area contributed by atoms with E-state index in [0.717, 1.165) is 46.9 Å². The standard InChI is InChI=1S/C21H21ClN6O/c22-17-8-13-2-4-15(9-18(13)27-20(17)24)29-10-12-1-3-14(7-12)28-6-5-16-19(23)25-11-26-21(16)28/h2,4-6,8-9,11-12,14H,1,3,7,10H2,(H2,24,27)(H2,23,25,26). The molecule has 7 nitrogen and oxygen atoms in total. The summed E-state index contributed by atoms with van der Waals surface area (Å²) in [4.78, 5) is 12.8. The lowest BCUT2D eigenvalue weighted by atomic mass is 10.1. The summed E-state index contributed by atoms with van der Waals surface area (Å²) in [7, 11) is 0. The Balaban J connectivity index is 1.27. The second-order valence-electron chi connectivity index (χ2n) is 7.57. The van der Waals surface area contributed by atoms with Gasteiger partial charge in [-0.15, -0.1) is 0 Å². The van der Waals surface area contributed by atoms with Crippen LogP contribution in [0.3, 0.4) is 0 Å². The molecular weight excluding hydrogens is 388 g/mol. The molecule has 1 fully saturated rings. The summed E-state index contributed by atoms with van der Waals surface area (Å²) in [5.41, 5.74) is 13.5.